The summed E-state index contributed by atoms with van der Waals surface area (Å²) in [4.78, 5) is 24.7. The van der Waals surface area contributed by atoms with E-state index in [1.54, 1.807) is 0 Å². The summed E-state index contributed by atoms with van der Waals surface area (Å²) in [6.45, 7) is 9.73. The van der Waals surface area contributed by atoms with Crippen LogP contribution >= 0.6 is 0 Å². The van der Waals surface area contributed by atoms with Crippen LogP contribution in [0.1, 0.15) is 118 Å². The van der Waals surface area contributed by atoms with Crippen molar-refractivity contribution >= 4 is 11.8 Å². The van der Waals surface area contributed by atoms with E-state index in [1.807, 2.05) is 20.8 Å². The van der Waals surface area contributed by atoms with E-state index in [2.05, 4.69) is 19.1 Å². The fourth-order valence-corrected chi connectivity index (χ4v) is 5.52. The van der Waals surface area contributed by atoms with E-state index >= 15 is 0 Å². The molecule has 0 aromatic heterocycles. The molecule has 7 heteroatoms. The van der Waals surface area contributed by atoms with Crippen LogP contribution in [0.3, 0.4) is 0 Å². The molecule has 1 aliphatic carbocycles. The Morgan fingerprint density at radius 3 is 2.58 bits per heavy atom. The third kappa shape index (κ3) is 12.7. The number of ether oxygens (including phenoxy) is 5. The van der Waals surface area contributed by atoms with E-state index in [4.69, 9.17) is 23.7 Å². The van der Waals surface area contributed by atoms with Crippen molar-refractivity contribution in [1.29, 1.82) is 0 Å². The third-order valence-corrected chi connectivity index (χ3v) is 7.53. The summed E-state index contributed by atoms with van der Waals surface area (Å²) in [6.07, 6.45) is 16.6. The predicted molar refractivity (Wildman–Crippen MR) is 149 cm³/mol. The fraction of sp³-hybridized carbons (Fsp3) is 0.871. The van der Waals surface area contributed by atoms with Crippen LogP contribution in [-0.2, 0) is 33.3 Å². The van der Waals surface area contributed by atoms with Gasteiger partial charge in [0, 0.05) is 37.9 Å². The van der Waals surface area contributed by atoms with Crippen molar-refractivity contribution in [2.24, 2.45) is 11.8 Å². The molecule has 1 aliphatic heterocycles. The van der Waals surface area contributed by atoms with Crippen molar-refractivity contribution in [2.75, 3.05) is 19.8 Å². The van der Waals surface area contributed by atoms with E-state index in [0.29, 0.717) is 26.1 Å². The van der Waals surface area contributed by atoms with Gasteiger partial charge in [-0.15, -0.1) is 0 Å². The SMILES string of the molecule is CCCCCC(C=CC1C(OC2CCCCO2)CC(=O)C1CCCCCCC(=O)OCC)OC(C)OCC. The average molecular weight is 539 g/mol. The summed E-state index contributed by atoms with van der Waals surface area (Å²) in [6, 6.07) is 0. The highest BCUT2D eigenvalue weighted by Crippen LogP contribution is 2.38. The highest BCUT2D eigenvalue weighted by atomic mass is 16.7. The molecule has 1 saturated carbocycles. The molecule has 0 aromatic carbocycles. The van der Waals surface area contributed by atoms with Gasteiger partial charge in [0.05, 0.1) is 18.8 Å². The number of carbonyl (C=O) groups is 2. The molecule has 0 radical (unpaired) electrons. The van der Waals surface area contributed by atoms with E-state index in [9.17, 15) is 9.59 Å². The Hall–Kier alpha value is -1.28. The highest BCUT2D eigenvalue weighted by molar-refractivity contribution is 5.84. The molecule has 2 rings (SSSR count). The Morgan fingerprint density at radius 2 is 1.87 bits per heavy atom. The third-order valence-electron chi connectivity index (χ3n) is 7.53. The molecule has 38 heavy (non-hydrogen) atoms. The molecule has 1 heterocycles. The van der Waals surface area contributed by atoms with Gasteiger partial charge in [-0.2, -0.15) is 0 Å². The van der Waals surface area contributed by atoms with E-state index in [-0.39, 0.29) is 48.4 Å². The molecule has 6 unspecified atom stereocenters. The van der Waals surface area contributed by atoms with Crippen molar-refractivity contribution < 1.29 is 33.3 Å². The second-order valence-corrected chi connectivity index (χ2v) is 10.7. The Balaban J connectivity index is 2.02. The summed E-state index contributed by atoms with van der Waals surface area (Å²) in [5.74, 6) is 0.138. The minimum absolute atomic E-state index is 0.0206. The van der Waals surface area contributed by atoms with Crippen LogP contribution in [0.4, 0.5) is 0 Å². The van der Waals surface area contributed by atoms with Gasteiger partial charge in [-0.25, -0.2) is 0 Å². The van der Waals surface area contributed by atoms with Crippen LogP contribution in [0, 0.1) is 11.8 Å². The first-order valence-electron chi connectivity index (χ1n) is 15.4. The van der Waals surface area contributed by atoms with Crippen LogP contribution < -0.4 is 0 Å². The number of hydrogen-bond donors (Lipinski definition) is 0. The van der Waals surface area contributed by atoms with Gasteiger partial charge in [0.15, 0.2) is 12.6 Å². The number of carbonyl (C=O) groups excluding carboxylic acids is 2. The number of hydrogen-bond acceptors (Lipinski definition) is 7. The summed E-state index contributed by atoms with van der Waals surface area (Å²) in [5.41, 5.74) is 0. The lowest BCUT2D eigenvalue weighted by atomic mass is 9.88. The monoisotopic (exact) mass is 538 g/mol. The number of esters is 1. The van der Waals surface area contributed by atoms with Gasteiger partial charge in [0.2, 0.25) is 0 Å². The molecular formula is C31H54O7. The van der Waals surface area contributed by atoms with E-state index in [1.165, 1.54) is 6.42 Å². The molecule has 2 fully saturated rings. The average Bonchev–Trinajstić information content (AvgIpc) is 3.18. The minimum Gasteiger partial charge on any atom is -0.466 e. The first-order valence-corrected chi connectivity index (χ1v) is 15.4. The lowest BCUT2D eigenvalue weighted by molar-refractivity contribution is -0.192. The van der Waals surface area contributed by atoms with Crippen LogP contribution in [0.2, 0.25) is 0 Å². The topological polar surface area (TPSA) is 80.3 Å². The Labute approximate surface area is 231 Å². The van der Waals surface area contributed by atoms with Gasteiger partial charge in [-0.05, 0) is 59.3 Å². The second kappa shape index (κ2) is 19.7. The van der Waals surface area contributed by atoms with Crippen molar-refractivity contribution in [3.8, 4) is 0 Å². The zero-order valence-electron chi connectivity index (χ0n) is 24.5. The Morgan fingerprint density at radius 1 is 1.05 bits per heavy atom. The van der Waals surface area contributed by atoms with Crippen LogP contribution in [0.5, 0.6) is 0 Å². The molecule has 0 bridgehead atoms. The fourth-order valence-electron chi connectivity index (χ4n) is 5.52. The van der Waals surface area contributed by atoms with Crippen molar-refractivity contribution in [3.63, 3.8) is 0 Å². The van der Waals surface area contributed by atoms with Crippen LogP contribution in [0.15, 0.2) is 12.2 Å². The van der Waals surface area contributed by atoms with Gasteiger partial charge in [-0.3, -0.25) is 9.59 Å². The number of unbranched alkanes of at least 4 members (excludes halogenated alkanes) is 5. The molecule has 1 saturated heterocycles. The lowest BCUT2D eigenvalue weighted by Crippen LogP contribution is -2.31. The van der Waals surface area contributed by atoms with Gasteiger partial charge in [0.25, 0.3) is 0 Å². The maximum absolute atomic E-state index is 13.2. The zero-order chi connectivity index (χ0) is 27.6. The summed E-state index contributed by atoms with van der Waals surface area (Å²) in [7, 11) is 0. The highest BCUT2D eigenvalue weighted by Gasteiger charge is 2.42. The lowest BCUT2D eigenvalue weighted by Gasteiger charge is -2.29. The molecule has 0 aromatic rings. The molecule has 220 valence electrons. The second-order valence-electron chi connectivity index (χ2n) is 10.7. The maximum atomic E-state index is 13.2. The molecule has 0 spiro atoms. The van der Waals surface area contributed by atoms with Gasteiger partial charge in [-0.1, -0.05) is 57.6 Å². The van der Waals surface area contributed by atoms with E-state index < -0.39 is 0 Å². The predicted octanol–water partition coefficient (Wildman–Crippen LogP) is 6.91. The number of Topliss-reactive ketones (excluding diaryl/α,β-unsaturated/α-hetero) is 1. The number of ketones is 1. The summed E-state index contributed by atoms with van der Waals surface area (Å²) in [5, 5.41) is 0. The smallest absolute Gasteiger partial charge is 0.305 e. The number of rotatable bonds is 20. The molecule has 0 amide bonds. The summed E-state index contributed by atoms with van der Waals surface area (Å²) < 4.78 is 29.1. The van der Waals surface area contributed by atoms with Crippen molar-refractivity contribution in [3.05, 3.63) is 12.2 Å². The standard InChI is InChI=1S/C31H54O7/c1-5-8-11-16-25(37-24(4)34-6-2)20-21-27-26(17-12-9-10-13-18-30(33)35-7-3)28(32)23-29(27)38-31-19-14-15-22-36-31/h20-21,24-27,29,31H,5-19,22-23H2,1-4H3. The first-order chi connectivity index (χ1) is 18.5. The Kier molecular flexibility index (Phi) is 17.1. The van der Waals surface area contributed by atoms with Crippen molar-refractivity contribution in [2.45, 2.75) is 142 Å². The molecule has 7 nitrogen and oxygen atoms in total. The normalized spacial score (nSPS) is 25.6. The van der Waals surface area contributed by atoms with Gasteiger partial charge >= 0.3 is 5.97 Å². The quantitative estimate of drug-likeness (QED) is 0.0721. The molecule has 0 N–H and O–H groups in total. The zero-order valence-corrected chi connectivity index (χ0v) is 24.5. The maximum Gasteiger partial charge on any atom is 0.305 e. The van der Waals surface area contributed by atoms with Gasteiger partial charge < -0.3 is 23.7 Å². The van der Waals surface area contributed by atoms with E-state index in [0.717, 1.165) is 77.2 Å². The van der Waals surface area contributed by atoms with Gasteiger partial charge in [0.1, 0.15) is 5.78 Å². The molecule has 6 atom stereocenters. The van der Waals surface area contributed by atoms with Crippen LogP contribution in [0.25, 0.3) is 0 Å². The minimum atomic E-state index is -0.269. The molecular weight excluding hydrogens is 484 g/mol. The largest absolute Gasteiger partial charge is 0.466 e. The first kappa shape index (κ1) is 32.9. The summed E-state index contributed by atoms with van der Waals surface area (Å²) >= 11 is 0. The van der Waals surface area contributed by atoms with Crippen LogP contribution in [-0.4, -0.2) is 56.4 Å². The molecule has 2 aliphatic rings. The van der Waals surface area contributed by atoms with Crippen molar-refractivity contribution in [1.82, 2.24) is 0 Å². The Bertz CT molecular complexity index is 673.